The molecule has 0 aromatic heterocycles. The zero-order chi connectivity index (χ0) is 44.1. The fourth-order valence-electron chi connectivity index (χ4n) is 10.4. The lowest BCUT2D eigenvalue weighted by Gasteiger charge is -2.65. The predicted octanol–water partition coefficient (Wildman–Crippen LogP) is 5.74. The van der Waals surface area contributed by atoms with Crippen molar-refractivity contribution in [3.63, 3.8) is 0 Å². The van der Waals surface area contributed by atoms with Crippen molar-refractivity contribution in [2.45, 2.75) is 109 Å². The predicted molar refractivity (Wildman–Crippen MR) is 215 cm³/mol. The molecule has 10 atom stereocenters. The van der Waals surface area contributed by atoms with Crippen molar-refractivity contribution in [2.75, 3.05) is 6.61 Å². The van der Waals surface area contributed by atoms with Gasteiger partial charge in [-0.25, -0.2) is 14.4 Å². The molecular weight excluding hydrogens is 789 g/mol. The van der Waals surface area contributed by atoms with Crippen LogP contribution < -0.4 is 0 Å². The zero-order valence-electron chi connectivity index (χ0n) is 35.1. The van der Waals surface area contributed by atoms with Crippen LogP contribution >= 0.6 is 0 Å². The highest BCUT2D eigenvalue weighted by atomic mass is 16.6. The molecule has 0 bridgehead atoms. The minimum atomic E-state index is -1.97. The van der Waals surface area contributed by atoms with Gasteiger partial charge < -0.3 is 38.3 Å². The summed E-state index contributed by atoms with van der Waals surface area (Å²) >= 11 is 0. The number of benzene rings is 3. The third-order valence-electron chi connectivity index (χ3n) is 13.0. The Morgan fingerprint density at radius 1 is 0.672 bits per heavy atom. The van der Waals surface area contributed by atoms with Gasteiger partial charge in [-0.3, -0.25) is 14.4 Å². The Balaban J connectivity index is 1.62. The van der Waals surface area contributed by atoms with Gasteiger partial charge in [0.1, 0.15) is 24.4 Å². The lowest BCUT2D eigenvalue weighted by atomic mass is 9.49. The van der Waals surface area contributed by atoms with Crippen LogP contribution in [0.3, 0.4) is 0 Å². The van der Waals surface area contributed by atoms with Gasteiger partial charge in [-0.05, 0) is 68.3 Å². The van der Waals surface area contributed by atoms with E-state index in [0.29, 0.717) is 5.57 Å². The Hall–Kier alpha value is -5.86. The second-order valence-electron chi connectivity index (χ2n) is 17.0. The highest BCUT2D eigenvalue weighted by Gasteiger charge is 2.81. The van der Waals surface area contributed by atoms with Crippen LogP contribution in [-0.4, -0.2) is 95.4 Å². The van der Waals surface area contributed by atoms with E-state index in [0.717, 1.165) is 0 Å². The Kier molecular flexibility index (Phi) is 11.5. The van der Waals surface area contributed by atoms with E-state index in [2.05, 4.69) is 0 Å². The molecule has 3 aromatic rings. The molecule has 3 aliphatic carbocycles. The Morgan fingerprint density at radius 2 is 1.15 bits per heavy atom. The van der Waals surface area contributed by atoms with Gasteiger partial charge in [0.2, 0.25) is 0 Å². The average Bonchev–Trinajstić information content (AvgIpc) is 3.47. The summed E-state index contributed by atoms with van der Waals surface area (Å²) in [7, 11) is 0. The summed E-state index contributed by atoms with van der Waals surface area (Å²) in [5.41, 5.74) is -6.53. The molecule has 1 N–H and O–H groups in total. The van der Waals surface area contributed by atoms with E-state index in [1.54, 1.807) is 80.6 Å². The van der Waals surface area contributed by atoms with Crippen LogP contribution in [0.4, 0.5) is 0 Å². The first-order valence-electron chi connectivity index (χ1n) is 20.2. The van der Waals surface area contributed by atoms with E-state index in [1.807, 2.05) is 0 Å². The first kappa shape index (κ1) is 43.2. The van der Waals surface area contributed by atoms with E-state index in [1.165, 1.54) is 58.9 Å². The number of hydrogen-bond acceptors (Lipinski definition) is 14. The van der Waals surface area contributed by atoms with Crippen molar-refractivity contribution in [1.82, 2.24) is 0 Å². The number of carbonyl (C=O) groups excluding carboxylic acids is 6. The first-order chi connectivity index (χ1) is 28.8. The minimum Gasteiger partial charge on any atom is -0.462 e. The summed E-state index contributed by atoms with van der Waals surface area (Å²) in [5, 5.41) is 13.0. The quantitative estimate of drug-likeness (QED) is 0.148. The Morgan fingerprint density at radius 3 is 1.57 bits per heavy atom. The van der Waals surface area contributed by atoms with Gasteiger partial charge in [0.15, 0.2) is 17.8 Å². The smallest absolute Gasteiger partial charge is 0.338 e. The van der Waals surface area contributed by atoms with Gasteiger partial charge in [0.25, 0.3) is 0 Å². The van der Waals surface area contributed by atoms with E-state index >= 15 is 0 Å². The van der Waals surface area contributed by atoms with Crippen molar-refractivity contribution in [3.8, 4) is 0 Å². The van der Waals surface area contributed by atoms with Crippen molar-refractivity contribution in [1.29, 1.82) is 0 Å². The lowest BCUT2D eigenvalue weighted by Crippen LogP contribution is -2.79. The van der Waals surface area contributed by atoms with Gasteiger partial charge in [0.05, 0.1) is 45.6 Å². The van der Waals surface area contributed by atoms with Gasteiger partial charge in [0, 0.05) is 33.6 Å². The van der Waals surface area contributed by atoms with Gasteiger partial charge in [-0.15, -0.1) is 0 Å². The molecule has 14 nitrogen and oxygen atoms in total. The second kappa shape index (κ2) is 16.2. The molecular formula is C47H50O14. The summed E-state index contributed by atoms with van der Waals surface area (Å²) in [6.07, 6.45) is -8.57. The maximum atomic E-state index is 14.7. The molecule has 0 spiro atoms. The van der Waals surface area contributed by atoms with Crippen LogP contribution in [0.5, 0.6) is 0 Å². The minimum absolute atomic E-state index is 0.0957. The van der Waals surface area contributed by atoms with Crippen molar-refractivity contribution < 1.29 is 67.0 Å². The molecule has 0 radical (unpaired) electrons. The molecule has 322 valence electrons. The number of ether oxygens (including phenoxy) is 7. The highest BCUT2D eigenvalue weighted by molar-refractivity contribution is 5.91. The molecule has 0 amide bonds. The van der Waals surface area contributed by atoms with Crippen molar-refractivity contribution in [2.24, 2.45) is 16.7 Å². The molecule has 14 heteroatoms. The SMILES string of the molecule is CC(=O)OC1CC2(C(C)(C)O)C(=C1C)C(OC(=O)c1ccccc1)C(OC(=O)c1ccccc1)C1(C)C(OC(C)=O)CC3OCC3(OC(C)=O)C1C2OC(=O)c1ccccc1. The number of carbonyl (C=O) groups is 6. The summed E-state index contributed by atoms with van der Waals surface area (Å²) in [6, 6.07) is 24.2. The largest absolute Gasteiger partial charge is 0.462 e. The fourth-order valence-corrected chi connectivity index (χ4v) is 10.4. The Bertz CT molecular complexity index is 2230. The zero-order valence-corrected chi connectivity index (χ0v) is 35.1. The number of aliphatic hydroxyl groups is 1. The normalized spacial score (nSPS) is 31.4. The molecule has 3 fully saturated rings. The van der Waals surface area contributed by atoms with Crippen LogP contribution in [0.2, 0.25) is 0 Å². The average molecular weight is 839 g/mol. The van der Waals surface area contributed by atoms with Crippen LogP contribution in [0.15, 0.2) is 102 Å². The van der Waals surface area contributed by atoms with Crippen LogP contribution in [0, 0.1) is 16.7 Å². The number of rotatable bonds is 10. The monoisotopic (exact) mass is 838 g/mol. The summed E-state index contributed by atoms with van der Waals surface area (Å²) in [4.78, 5) is 83.3. The molecule has 7 rings (SSSR count). The first-order valence-corrected chi connectivity index (χ1v) is 20.2. The summed E-state index contributed by atoms with van der Waals surface area (Å²) in [5.74, 6) is -6.04. The van der Waals surface area contributed by atoms with Crippen LogP contribution in [0.25, 0.3) is 0 Å². The maximum absolute atomic E-state index is 14.7. The number of hydrogen-bond donors (Lipinski definition) is 1. The van der Waals surface area contributed by atoms with Gasteiger partial charge in [-0.2, -0.15) is 0 Å². The second-order valence-corrected chi connectivity index (χ2v) is 17.0. The molecule has 1 saturated heterocycles. The van der Waals surface area contributed by atoms with E-state index in [-0.39, 0.29) is 41.7 Å². The van der Waals surface area contributed by atoms with Gasteiger partial charge in [-0.1, -0.05) is 61.5 Å². The fraction of sp³-hybridized carbons (Fsp3) is 0.447. The summed E-state index contributed by atoms with van der Waals surface area (Å²) in [6.45, 7) is 9.67. The standard InChI is InChI=1S/C47H50O14/c1-26-33(56-27(2)48)24-46(44(5,6)54)36(26)37(58-41(51)30-17-11-8-12-18-30)39(59-42(52)31-19-13-9-14-20-31)45(7)34(57-28(3)49)23-35-47(25-55-35,61-29(4)50)38(45)40(46)60-43(53)32-21-15-10-16-22-32/h8-22,33-35,37-40,54H,23-25H2,1-7H3. The molecule has 1 heterocycles. The molecule has 3 aromatic carbocycles. The van der Waals surface area contributed by atoms with E-state index < -0.39 is 100 Å². The third-order valence-corrected chi connectivity index (χ3v) is 13.0. The lowest BCUT2D eigenvalue weighted by molar-refractivity contribution is -0.351. The van der Waals surface area contributed by atoms with Crippen molar-refractivity contribution in [3.05, 3.63) is 119 Å². The number of esters is 6. The highest BCUT2D eigenvalue weighted by Crippen LogP contribution is 2.69. The third kappa shape index (κ3) is 7.39. The molecule has 2 saturated carbocycles. The summed E-state index contributed by atoms with van der Waals surface area (Å²) < 4.78 is 44.7. The Labute approximate surface area is 353 Å². The molecule has 4 aliphatic rings. The van der Waals surface area contributed by atoms with E-state index in [9.17, 15) is 33.9 Å². The molecule has 61 heavy (non-hydrogen) atoms. The van der Waals surface area contributed by atoms with Gasteiger partial charge >= 0.3 is 35.8 Å². The number of fused-ring (bicyclic) bond motifs is 4. The van der Waals surface area contributed by atoms with E-state index in [4.69, 9.17) is 33.2 Å². The van der Waals surface area contributed by atoms with Crippen LogP contribution in [-0.2, 0) is 47.5 Å². The molecule has 10 unspecified atom stereocenters. The van der Waals surface area contributed by atoms with Crippen molar-refractivity contribution >= 4 is 35.8 Å². The van der Waals surface area contributed by atoms with Crippen LogP contribution in [0.1, 0.15) is 92.4 Å². The molecule has 1 aliphatic heterocycles. The topological polar surface area (TPSA) is 187 Å². The maximum Gasteiger partial charge on any atom is 0.338 e.